The Labute approximate surface area is 187 Å². The summed E-state index contributed by atoms with van der Waals surface area (Å²) < 4.78 is 7.30. The first kappa shape index (κ1) is 21.9. The SMILES string of the molecule is CSc1nnc(C)n1-c1ccc(C(=O)OCC(=O)N2CCC3(C)CC2C(C)(C)C3)cc1. The average molecular weight is 443 g/mol. The maximum atomic E-state index is 12.9. The van der Waals surface area contributed by atoms with E-state index in [1.807, 2.05) is 34.8 Å². The minimum absolute atomic E-state index is 0.0939. The summed E-state index contributed by atoms with van der Waals surface area (Å²) in [5.41, 5.74) is 1.71. The van der Waals surface area contributed by atoms with E-state index in [0.717, 1.165) is 42.5 Å². The quantitative estimate of drug-likeness (QED) is 0.517. The van der Waals surface area contributed by atoms with Crippen LogP contribution in [0.4, 0.5) is 0 Å². The molecule has 2 atom stereocenters. The second kappa shape index (κ2) is 7.97. The number of fused-ring (bicyclic) bond motifs is 2. The smallest absolute Gasteiger partial charge is 0.338 e. The third-order valence-corrected chi connectivity index (χ3v) is 7.42. The predicted octanol–water partition coefficient (Wildman–Crippen LogP) is 3.88. The summed E-state index contributed by atoms with van der Waals surface area (Å²) >= 11 is 1.51. The molecule has 31 heavy (non-hydrogen) atoms. The minimum atomic E-state index is -0.488. The molecule has 1 aliphatic heterocycles. The van der Waals surface area contributed by atoms with Crippen LogP contribution in [0.25, 0.3) is 5.69 Å². The Morgan fingerprint density at radius 2 is 1.90 bits per heavy atom. The molecule has 1 aromatic carbocycles. The molecule has 0 N–H and O–H groups in total. The summed E-state index contributed by atoms with van der Waals surface area (Å²) in [5.74, 6) is 0.187. The lowest BCUT2D eigenvalue weighted by Gasteiger charge is -2.40. The Morgan fingerprint density at radius 3 is 2.58 bits per heavy atom. The standard InChI is InChI=1S/C23H30N4O3S/c1-15-24-25-21(31-5)27(15)17-8-6-16(7-9-17)20(29)30-13-19(28)26-11-10-23(4)12-18(26)22(2,3)14-23/h6-9,18H,10-14H2,1-5H3. The van der Waals surface area contributed by atoms with E-state index >= 15 is 0 Å². The molecular formula is C23H30N4O3S. The van der Waals surface area contributed by atoms with Gasteiger partial charge in [0.2, 0.25) is 0 Å². The number of thioether (sulfide) groups is 1. The number of carbonyl (C=O) groups excluding carboxylic acids is 2. The van der Waals surface area contributed by atoms with Crippen molar-refractivity contribution in [3.05, 3.63) is 35.7 Å². The number of carbonyl (C=O) groups is 2. The molecule has 7 nitrogen and oxygen atoms in total. The number of amides is 1. The van der Waals surface area contributed by atoms with Gasteiger partial charge in [0, 0.05) is 18.3 Å². The maximum Gasteiger partial charge on any atom is 0.338 e. The molecule has 166 valence electrons. The first-order valence-electron chi connectivity index (χ1n) is 10.7. The Hall–Kier alpha value is -2.35. The average Bonchev–Trinajstić information content (AvgIpc) is 3.19. The highest BCUT2D eigenvalue weighted by molar-refractivity contribution is 7.98. The van der Waals surface area contributed by atoms with Crippen molar-refractivity contribution in [1.29, 1.82) is 0 Å². The summed E-state index contributed by atoms with van der Waals surface area (Å²) in [6.07, 6.45) is 5.11. The topological polar surface area (TPSA) is 77.3 Å². The maximum absolute atomic E-state index is 12.9. The van der Waals surface area contributed by atoms with Gasteiger partial charge < -0.3 is 9.64 Å². The fraction of sp³-hybridized carbons (Fsp3) is 0.565. The number of rotatable bonds is 5. The molecule has 2 aromatic rings. The molecule has 8 heteroatoms. The molecule has 1 saturated carbocycles. The first-order chi connectivity index (χ1) is 14.6. The number of ether oxygens (including phenoxy) is 1. The van der Waals surface area contributed by atoms with E-state index in [1.54, 1.807) is 12.1 Å². The van der Waals surface area contributed by atoms with Gasteiger partial charge in [-0.3, -0.25) is 9.36 Å². The largest absolute Gasteiger partial charge is 0.452 e. The molecule has 1 saturated heterocycles. The van der Waals surface area contributed by atoms with Crippen LogP contribution in [0.15, 0.2) is 29.4 Å². The van der Waals surface area contributed by atoms with Crippen molar-refractivity contribution in [2.75, 3.05) is 19.4 Å². The Bertz CT molecular complexity index is 1000. The zero-order valence-electron chi connectivity index (χ0n) is 18.8. The van der Waals surface area contributed by atoms with E-state index < -0.39 is 5.97 Å². The first-order valence-corrected chi connectivity index (χ1v) is 11.9. The third kappa shape index (κ3) is 4.10. The van der Waals surface area contributed by atoms with Gasteiger partial charge in [0.1, 0.15) is 5.82 Å². The third-order valence-electron chi connectivity index (χ3n) is 6.79. The lowest BCUT2D eigenvalue weighted by Crippen LogP contribution is -2.49. The van der Waals surface area contributed by atoms with Gasteiger partial charge in [0.15, 0.2) is 11.8 Å². The van der Waals surface area contributed by atoms with Crippen molar-refractivity contribution in [2.24, 2.45) is 10.8 Å². The lowest BCUT2D eigenvalue weighted by molar-refractivity contribution is -0.140. The number of hydrogen-bond acceptors (Lipinski definition) is 6. The molecular weight excluding hydrogens is 412 g/mol. The van der Waals surface area contributed by atoms with E-state index in [-0.39, 0.29) is 24.0 Å². The second-order valence-electron chi connectivity index (χ2n) is 9.73. The molecule has 2 heterocycles. The highest BCUT2D eigenvalue weighted by atomic mass is 32.2. The number of nitrogens with zero attached hydrogens (tertiary/aromatic N) is 4. The minimum Gasteiger partial charge on any atom is -0.452 e. The summed E-state index contributed by atoms with van der Waals surface area (Å²) in [6.45, 7) is 9.21. The Balaban J connectivity index is 1.39. The van der Waals surface area contributed by atoms with E-state index in [4.69, 9.17) is 4.74 Å². The molecule has 1 aromatic heterocycles. The van der Waals surface area contributed by atoms with Gasteiger partial charge in [-0.2, -0.15) is 0 Å². The van der Waals surface area contributed by atoms with Gasteiger partial charge in [-0.1, -0.05) is 32.5 Å². The highest BCUT2D eigenvalue weighted by Gasteiger charge is 2.53. The predicted molar refractivity (Wildman–Crippen MR) is 119 cm³/mol. The molecule has 4 rings (SSSR count). The van der Waals surface area contributed by atoms with Gasteiger partial charge in [-0.05, 0) is 67.5 Å². The molecule has 0 radical (unpaired) electrons. The Kier molecular flexibility index (Phi) is 5.62. The summed E-state index contributed by atoms with van der Waals surface area (Å²) in [6, 6.07) is 7.30. The van der Waals surface area contributed by atoms with Crippen molar-refractivity contribution in [1.82, 2.24) is 19.7 Å². The summed E-state index contributed by atoms with van der Waals surface area (Å²) in [4.78, 5) is 27.3. The van der Waals surface area contributed by atoms with Gasteiger partial charge in [-0.25, -0.2) is 4.79 Å². The number of likely N-dealkylation sites (tertiary alicyclic amines) is 1. The van der Waals surface area contributed by atoms with Crippen LogP contribution in [-0.2, 0) is 9.53 Å². The molecule has 2 unspecified atom stereocenters. The van der Waals surface area contributed by atoms with E-state index in [2.05, 4.69) is 31.0 Å². The fourth-order valence-corrected chi connectivity index (χ4v) is 5.96. The van der Waals surface area contributed by atoms with Crippen molar-refractivity contribution in [3.8, 4) is 5.69 Å². The van der Waals surface area contributed by atoms with Crippen LogP contribution in [0.2, 0.25) is 0 Å². The van der Waals surface area contributed by atoms with Gasteiger partial charge >= 0.3 is 5.97 Å². The summed E-state index contributed by atoms with van der Waals surface area (Å²) in [7, 11) is 0. The molecule has 2 aliphatic rings. The number of benzene rings is 1. The van der Waals surface area contributed by atoms with Gasteiger partial charge in [0.25, 0.3) is 5.91 Å². The number of piperidine rings is 1. The van der Waals surface area contributed by atoms with Crippen LogP contribution in [0.5, 0.6) is 0 Å². The molecule has 1 aliphatic carbocycles. The van der Waals surface area contributed by atoms with Crippen LogP contribution in [0, 0.1) is 17.8 Å². The van der Waals surface area contributed by atoms with E-state index in [0.29, 0.717) is 11.0 Å². The zero-order chi connectivity index (χ0) is 22.4. The molecule has 2 bridgehead atoms. The van der Waals surface area contributed by atoms with Crippen molar-refractivity contribution in [3.63, 3.8) is 0 Å². The number of hydrogen-bond donors (Lipinski definition) is 0. The lowest BCUT2D eigenvalue weighted by atomic mass is 9.81. The van der Waals surface area contributed by atoms with Crippen molar-refractivity contribution < 1.29 is 14.3 Å². The second-order valence-corrected chi connectivity index (χ2v) is 10.5. The Morgan fingerprint density at radius 1 is 1.19 bits per heavy atom. The number of aromatic nitrogens is 3. The van der Waals surface area contributed by atoms with Crippen LogP contribution < -0.4 is 0 Å². The summed E-state index contributed by atoms with van der Waals surface area (Å²) in [5, 5.41) is 9.02. The van der Waals surface area contributed by atoms with Crippen molar-refractivity contribution >= 4 is 23.6 Å². The fourth-order valence-electron chi connectivity index (χ4n) is 5.41. The molecule has 2 fully saturated rings. The zero-order valence-corrected chi connectivity index (χ0v) is 19.7. The van der Waals surface area contributed by atoms with Crippen LogP contribution >= 0.6 is 11.8 Å². The van der Waals surface area contributed by atoms with E-state index in [1.165, 1.54) is 11.8 Å². The normalized spacial score (nSPS) is 24.3. The number of aryl methyl sites for hydroxylation is 1. The number of esters is 1. The van der Waals surface area contributed by atoms with Gasteiger partial charge in [-0.15, -0.1) is 10.2 Å². The monoisotopic (exact) mass is 442 g/mol. The van der Waals surface area contributed by atoms with Crippen LogP contribution in [0.1, 0.15) is 56.2 Å². The highest BCUT2D eigenvalue weighted by Crippen LogP contribution is 2.55. The molecule has 1 amide bonds. The van der Waals surface area contributed by atoms with Crippen molar-refractivity contribution in [2.45, 2.75) is 58.2 Å². The van der Waals surface area contributed by atoms with Crippen LogP contribution in [-0.4, -0.2) is 57.0 Å². The van der Waals surface area contributed by atoms with E-state index in [9.17, 15) is 9.59 Å². The van der Waals surface area contributed by atoms with Gasteiger partial charge in [0.05, 0.1) is 5.56 Å². The molecule has 0 spiro atoms. The van der Waals surface area contributed by atoms with Crippen LogP contribution in [0.3, 0.4) is 0 Å².